The first-order valence-electron chi connectivity index (χ1n) is 7.44. The average Bonchev–Trinajstić information content (AvgIpc) is 2.59. The normalized spacial score (nSPS) is 11.5. The van der Waals surface area contributed by atoms with Crippen molar-refractivity contribution in [1.29, 1.82) is 0 Å². The second-order valence-corrected chi connectivity index (χ2v) is 5.36. The van der Waals surface area contributed by atoms with Gasteiger partial charge in [0.05, 0.1) is 11.2 Å². The van der Waals surface area contributed by atoms with E-state index in [1.54, 1.807) is 6.07 Å². The lowest BCUT2D eigenvalue weighted by molar-refractivity contribution is -0.389. The summed E-state index contributed by atoms with van der Waals surface area (Å²) in [5.74, 6) is -0.154. The molecule has 3 rings (SSSR count). The zero-order valence-corrected chi connectivity index (χ0v) is 13.1. The zero-order valence-electron chi connectivity index (χ0n) is 13.1. The van der Waals surface area contributed by atoms with Crippen molar-refractivity contribution in [3.05, 3.63) is 87.7 Å². The van der Waals surface area contributed by atoms with Crippen molar-refractivity contribution in [2.75, 3.05) is 0 Å². The minimum absolute atomic E-state index is 0.154. The summed E-state index contributed by atoms with van der Waals surface area (Å²) in [6, 6.07) is 13.2. The third kappa shape index (κ3) is 3.70. The van der Waals surface area contributed by atoms with Gasteiger partial charge in [-0.2, -0.15) is 0 Å². The van der Waals surface area contributed by atoms with Gasteiger partial charge in [-0.3, -0.25) is 0 Å². The highest BCUT2D eigenvalue weighted by Gasteiger charge is 2.04. The van der Waals surface area contributed by atoms with Crippen LogP contribution < -0.4 is 0 Å². The maximum atomic E-state index is 10.5. The Hall–Kier alpha value is -3.34. The lowest BCUT2D eigenvalue weighted by atomic mass is 10.1. The van der Waals surface area contributed by atoms with Crippen LogP contribution in [0.1, 0.15) is 16.8 Å². The van der Waals surface area contributed by atoms with Crippen LogP contribution in [-0.4, -0.2) is 14.9 Å². The van der Waals surface area contributed by atoms with Crippen molar-refractivity contribution >= 4 is 28.9 Å². The standard InChI is InChI=1S/C19H15N3O2/c1-14-6-10-18-16(12-14)8-9-17(21-18)5-3-2-4-15-7-11-19(20-13-15)22(23)24/h2-13H,1H3/b4-2+,5-3+. The summed E-state index contributed by atoms with van der Waals surface area (Å²) >= 11 is 0. The number of benzene rings is 1. The van der Waals surface area contributed by atoms with Crippen LogP contribution in [0, 0.1) is 17.0 Å². The van der Waals surface area contributed by atoms with E-state index in [1.165, 1.54) is 17.8 Å². The molecule has 0 aliphatic heterocycles. The predicted octanol–water partition coefficient (Wildman–Crippen LogP) is 4.57. The topological polar surface area (TPSA) is 68.9 Å². The highest BCUT2D eigenvalue weighted by molar-refractivity contribution is 5.80. The Balaban J connectivity index is 1.71. The van der Waals surface area contributed by atoms with Crippen LogP contribution in [0.4, 0.5) is 5.82 Å². The molecule has 0 N–H and O–H groups in total. The minimum atomic E-state index is -0.514. The van der Waals surface area contributed by atoms with Gasteiger partial charge >= 0.3 is 5.82 Å². The molecule has 0 saturated heterocycles. The van der Waals surface area contributed by atoms with Crippen molar-refractivity contribution in [3.63, 3.8) is 0 Å². The van der Waals surface area contributed by atoms with E-state index in [2.05, 4.69) is 29.0 Å². The van der Waals surface area contributed by atoms with Gasteiger partial charge in [0.15, 0.2) is 0 Å². The molecule has 0 bridgehead atoms. The number of hydrogen-bond donors (Lipinski definition) is 0. The summed E-state index contributed by atoms with van der Waals surface area (Å²) < 4.78 is 0. The minimum Gasteiger partial charge on any atom is -0.358 e. The number of rotatable bonds is 4. The maximum Gasteiger partial charge on any atom is 0.363 e. The van der Waals surface area contributed by atoms with E-state index in [-0.39, 0.29) is 5.82 Å². The monoisotopic (exact) mass is 317 g/mol. The smallest absolute Gasteiger partial charge is 0.358 e. The Morgan fingerprint density at radius 2 is 1.88 bits per heavy atom. The molecule has 0 radical (unpaired) electrons. The Bertz CT molecular complexity index is 944. The van der Waals surface area contributed by atoms with Gasteiger partial charge < -0.3 is 10.1 Å². The fourth-order valence-corrected chi connectivity index (χ4v) is 2.28. The number of allylic oxidation sites excluding steroid dienone is 2. The molecular weight excluding hydrogens is 302 g/mol. The van der Waals surface area contributed by atoms with Gasteiger partial charge in [-0.15, -0.1) is 0 Å². The van der Waals surface area contributed by atoms with E-state index in [0.29, 0.717) is 0 Å². The Kier molecular flexibility index (Phi) is 4.43. The van der Waals surface area contributed by atoms with Gasteiger partial charge in [0.25, 0.3) is 0 Å². The molecule has 118 valence electrons. The summed E-state index contributed by atoms with van der Waals surface area (Å²) in [5.41, 5.74) is 3.85. The Morgan fingerprint density at radius 1 is 1.04 bits per heavy atom. The van der Waals surface area contributed by atoms with Crippen molar-refractivity contribution in [3.8, 4) is 0 Å². The third-order valence-corrected chi connectivity index (χ3v) is 3.49. The van der Waals surface area contributed by atoms with E-state index in [0.717, 1.165) is 22.2 Å². The van der Waals surface area contributed by atoms with Gasteiger partial charge in [0, 0.05) is 17.0 Å². The zero-order chi connectivity index (χ0) is 16.9. The van der Waals surface area contributed by atoms with Gasteiger partial charge in [0.1, 0.15) is 6.20 Å². The number of fused-ring (bicyclic) bond motifs is 1. The van der Waals surface area contributed by atoms with Crippen LogP contribution in [0.3, 0.4) is 0 Å². The summed E-state index contributed by atoms with van der Waals surface area (Å²) in [6.07, 6.45) is 8.94. The number of pyridine rings is 2. The molecule has 3 aromatic rings. The van der Waals surface area contributed by atoms with Crippen molar-refractivity contribution in [2.45, 2.75) is 6.92 Å². The molecule has 0 spiro atoms. The molecule has 24 heavy (non-hydrogen) atoms. The average molecular weight is 317 g/mol. The molecule has 1 aromatic carbocycles. The van der Waals surface area contributed by atoms with Crippen LogP contribution in [-0.2, 0) is 0 Å². The molecule has 2 aromatic heterocycles. The van der Waals surface area contributed by atoms with Gasteiger partial charge in [0.2, 0.25) is 0 Å². The molecule has 0 aliphatic carbocycles. The quantitative estimate of drug-likeness (QED) is 0.401. The largest absolute Gasteiger partial charge is 0.363 e. The third-order valence-electron chi connectivity index (χ3n) is 3.49. The van der Waals surface area contributed by atoms with Crippen LogP contribution in [0.2, 0.25) is 0 Å². The highest BCUT2D eigenvalue weighted by atomic mass is 16.6. The summed E-state index contributed by atoms with van der Waals surface area (Å²) in [6.45, 7) is 2.06. The van der Waals surface area contributed by atoms with E-state index >= 15 is 0 Å². The number of nitrogens with zero attached hydrogens (tertiary/aromatic N) is 3. The molecule has 2 heterocycles. The fraction of sp³-hybridized carbons (Fsp3) is 0.0526. The van der Waals surface area contributed by atoms with E-state index in [1.807, 2.05) is 42.5 Å². The van der Waals surface area contributed by atoms with Crippen LogP contribution >= 0.6 is 0 Å². The first-order chi connectivity index (χ1) is 11.6. The number of nitro groups is 1. The predicted molar refractivity (Wildman–Crippen MR) is 95.4 cm³/mol. The van der Waals surface area contributed by atoms with Gasteiger partial charge in [-0.25, -0.2) is 4.98 Å². The van der Waals surface area contributed by atoms with Crippen molar-refractivity contribution in [1.82, 2.24) is 9.97 Å². The fourth-order valence-electron chi connectivity index (χ4n) is 2.28. The molecule has 0 atom stereocenters. The lowest BCUT2D eigenvalue weighted by Crippen LogP contribution is -1.90. The van der Waals surface area contributed by atoms with Gasteiger partial charge in [-0.05, 0) is 47.2 Å². The Labute approximate surface area is 139 Å². The van der Waals surface area contributed by atoms with Crippen molar-refractivity contribution < 1.29 is 4.92 Å². The first kappa shape index (κ1) is 15.6. The number of aromatic nitrogens is 2. The highest BCUT2D eigenvalue weighted by Crippen LogP contribution is 2.15. The Morgan fingerprint density at radius 3 is 2.62 bits per heavy atom. The van der Waals surface area contributed by atoms with E-state index in [9.17, 15) is 10.1 Å². The van der Waals surface area contributed by atoms with E-state index < -0.39 is 4.92 Å². The molecule has 0 unspecified atom stereocenters. The molecule has 0 saturated carbocycles. The molecular formula is C19H15N3O2. The maximum absolute atomic E-state index is 10.5. The van der Waals surface area contributed by atoms with Crippen LogP contribution in [0.5, 0.6) is 0 Å². The van der Waals surface area contributed by atoms with Crippen LogP contribution in [0.15, 0.2) is 60.8 Å². The van der Waals surface area contributed by atoms with Crippen LogP contribution in [0.25, 0.3) is 23.1 Å². The second-order valence-electron chi connectivity index (χ2n) is 5.36. The molecule has 0 aliphatic rings. The summed E-state index contributed by atoms with van der Waals surface area (Å²) in [4.78, 5) is 18.4. The molecule has 5 nitrogen and oxygen atoms in total. The molecule has 0 fully saturated rings. The first-order valence-corrected chi connectivity index (χ1v) is 7.44. The number of hydrogen-bond acceptors (Lipinski definition) is 4. The van der Waals surface area contributed by atoms with Gasteiger partial charge in [-0.1, -0.05) is 35.9 Å². The van der Waals surface area contributed by atoms with Crippen molar-refractivity contribution in [2.24, 2.45) is 0 Å². The van der Waals surface area contributed by atoms with E-state index in [4.69, 9.17) is 0 Å². The molecule has 0 amide bonds. The summed E-state index contributed by atoms with van der Waals surface area (Å²) in [5, 5.41) is 11.7. The summed E-state index contributed by atoms with van der Waals surface area (Å²) in [7, 11) is 0. The second kappa shape index (κ2) is 6.83. The number of aryl methyl sites for hydroxylation is 1. The SMILES string of the molecule is Cc1ccc2nc(/C=C/C=C/c3ccc([N+](=O)[O-])nc3)ccc2c1. The molecule has 5 heteroatoms. The lowest BCUT2D eigenvalue weighted by Gasteiger charge is -2.00.